The normalized spacial score (nSPS) is 11.7. The summed E-state index contributed by atoms with van der Waals surface area (Å²) in [5.41, 5.74) is 0.471. The second kappa shape index (κ2) is 8.91. The zero-order valence-electron chi connectivity index (χ0n) is 12.0. The van der Waals surface area contributed by atoms with E-state index >= 15 is 0 Å². The lowest BCUT2D eigenvalue weighted by molar-refractivity contribution is -0.384. The van der Waals surface area contributed by atoms with Crippen LogP contribution in [0, 0.1) is 16.0 Å². The van der Waals surface area contributed by atoms with Crippen LogP contribution in [0.15, 0.2) is 24.3 Å². The fourth-order valence-corrected chi connectivity index (χ4v) is 2.02. The first-order chi connectivity index (χ1) is 10.1. The van der Waals surface area contributed by atoms with Crippen molar-refractivity contribution >= 4 is 17.4 Å². The molecule has 116 valence electrons. The first kappa shape index (κ1) is 16.9. The Morgan fingerprint density at radius 1 is 1.33 bits per heavy atom. The van der Waals surface area contributed by atoms with Crippen molar-refractivity contribution in [2.75, 3.05) is 18.5 Å². The average Bonchev–Trinajstić information content (AvgIpc) is 2.46. The summed E-state index contributed by atoms with van der Waals surface area (Å²) in [6, 6.07) is 5.27. The molecule has 1 unspecified atom stereocenters. The van der Waals surface area contributed by atoms with Crippen LogP contribution in [-0.2, 0) is 0 Å². The number of anilines is 1. The van der Waals surface area contributed by atoms with Crippen molar-refractivity contribution in [2.24, 2.45) is 5.92 Å². The second-order valence-electron chi connectivity index (χ2n) is 4.81. The van der Waals surface area contributed by atoms with Gasteiger partial charge in [0.05, 0.1) is 4.92 Å². The highest BCUT2D eigenvalue weighted by atomic mass is 16.6. The summed E-state index contributed by atoms with van der Waals surface area (Å²) >= 11 is 0. The van der Waals surface area contributed by atoms with Crippen LogP contribution in [0.2, 0.25) is 0 Å². The summed E-state index contributed by atoms with van der Waals surface area (Å²) in [6.45, 7) is 2.66. The van der Waals surface area contributed by atoms with Gasteiger partial charge in [0.25, 0.3) is 5.69 Å². The molecule has 0 aromatic heterocycles. The number of carbonyl (C=O) groups is 1. The molecule has 21 heavy (non-hydrogen) atoms. The quantitative estimate of drug-likeness (QED) is 0.506. The van der Waals surface area contributed by atoms with Gasteiger partial charge in [0.1, 0.15) is 0 Å². The molecule has 0 saturated heterocycles. The Balaban J connectivity index is 2.43. The molecule has 0 aliphatic carbocycles. The standard InChI is InChI=1S/C14H21N3O4/c1-2-3-11(8-9-18)10-15-14(19)16-12-4-6-13(7-5-12)17(20)21/h4-7,11,18H,2-3,8-10H2,1H3,(H2,15,16,19). The van der Waals surface area contributed by atoms with Crippen molar-refractivity contribution in [2.45, 2.75) is 26.2 Å². The molecule has 3 N–H and O–H groups in total. The number of aliphatic hydroxyl groups is 1. The van der Waals surface area contributed by atoms with E-state index in [0.717, 1.165) is 12.8 Å². The summed E-state index contributed by atoms with van der Waals surface area (Å²) < 4.78 is 0. The number of nitrogens with zero attached hydrogens (tertiary/aromatic N) is 1. The van der Waals surface area contributed by atoms with Gasteiger partial charge in [-0.1, -0.05) is 13.3 Å². The van der Waals surface area contributed by atoms with E-state index in [9.17, 15) is 14.9 Å². The van der Waals surface area contributed by atoms with Crippen LogP contribution in [0.3, 0.4) is 0 Å². The summed E-state index contributed by atoms with van der Waals surface area (Å²) in [4.78, 5) is 21.8. The van der Waals surface area contributed by atoms with Crippen molar-refractivity contribution in [1.82, 2.24) is 5.32 Å². The van der Waals surface area contributed by atoms with E-state index in [0.29, 0.717) is 18.7 Å². The van der Waals surface area contributed by atoms with Crippen LogP contribution < -0.4 is 10.6 Å². The summed E-state index contributed by atoms with van der Waals surface area (Å²) in [7, 11) is 0. The van der Waals surface area contributed by atoms with Gasteiger partial charge >= 0.3 is 6.03 Å². The van der Waals surface area contributed by atoms with Crippen molar-refractivity contribution in [3.63, 3.8) is 0 Å². The van der Waals surface area contributed by atoms with E-state index in [2.05, 4.69) is 17.6 Å². The third-order valence-corrected chi connectivity index (χ3v) is 3.12. The first-order valence-corrected chi connectivity index (χ1v) is 6.97. The van der Waals surface area contributed by atoms with Gasteiger partial charge in [0.15, 0.2) is 0 Å². The van der Waals surface area contributed by atoms with Crippen LogP contribution in [0.4, 0.5) is 16.2 Å². The monoisotopic (exact) mass is 295 g/mol. The highest BCUT2D eigenvalue weighted by Gasteiger charge is 2.10. The van der Waals surface area contributed by atoms with Crippen LogP contribution in [-0.4, -0.2) is 29.2 Å². The van der Waals surface area contributed by atoms with Crippen molar-refractivity contribution in [1.29, 1.82) is 0 Å². The minimum Gasteiger partial charge on any atom is -0.396 e. The number of hydrogen-bond acceptors (Lipinski definition) is 4. The molecule has 1 aromatic carbocycles. The molecule has 0 aliphatic rings. The van der Waals surface area contributed by atoms with Crippen molar-refractivity contribution in [3.05, 3.63) is 34.4 Å². The SMILES string of the molecule is CCCC(CCO)CNC(=O)Nc1ccc([N+](=O)[O-])cc1. The van der Waals surface area contributed by atoms with Crippen LogP contribution in [0.5, 0.6) is 0 Å². The van der Waals surface area contributed by atoms with Gasteiger partial charge in [-0.3, -0.25) is 10.1 Å². The number of nitrogens with one attached hydrogen (secondary N) is 2. The predicted octanol–water partition coefficient (Wildman–Crippen LogP) is 2.52. The zero-order valence-corrected chi connectivity index (χ0v) is 12.0. The number of amides is 2. The number of hydrogen-bond donors (Lipinski definition) is 3. The lowest BCUT2D eigenvalue weighted by atomic mass is 10.0. The summed E-state index contributed by atoms with van der Waals surface area (Å²) in [6.07, 6.45) is 2.60. The third-order valence-electron chi connectivity index (χ3n) is 3.12. The van der Waals surface area contributed by atoms with Gasteiger partial charge in [-0.25, -0.2) is 4.79 Å². The Kier molecular flexibility index (Phi) is 7.17. The van der Waals surface area contributed by atoms with Crippen molar-refractivity contribution in [3.8, 4) is 0 Å². The lowest BCUT2D eigenvalue weighted by Gasteiger charge is -2.16. The molecular formula is C14H21N3O4. The Hall–Kier alpha value is -2.15. The molecule has 0 heterocycles. The molecule has 0 fully saturated rings. The second-order valence-corrected chi connectivity index (χ2v) is 4.81. The van der Waals surface area contributed by atoms with Crippen LogP contribution in [0.1, 0.15) is 26.2 Å². The van der Waals surface area contributed by atoms with Gasteiger partial charge in [0.2, 0.25) is 0 Å². The third kappa shape index (κ3) is 6.22. The Morgan fingerprint density at radius 2 is 2.00 bits per heavy atom. The molecular weight excluding hydrogens is 274 g/mol. The number of aliphatic hydroxyl groups excluding tert-OH is 1. The Bertz CT molecular complexity index is 456. The average molecular weight is 295 g/mol. The minimum absolute atomic E-state index is 0.0214. The van der Waals surface area contributed by atoms with E-state index in [1.54, 1.807) is 0 Å². The van der Waals surface area contributed by atoms with E-state index in [1.165, 1.54) is 24.3 Å². The topological polar surface area (TPSA) is 104 Å². The molecule has 0 spiro atoms. The molecule has 0 saturated carbocycles. The molecule has 0 radical (unpaired) electrons. The van der Waals surface area contributed by atoms with Gasteiger partial charge < -0.3 is 15.7 Å². The fourth-order valence-electron chi connectivity index (χ4n) is 2.02. The summed E-state index contributed by atoms with van der Waals surface area (Å²) in [5, 5.41) is 24.8. The molecule has 0 bridgehead atoms. The van der Waals surface area contributed by atoms with Gasteiger partial charge in [0, 0.05) is 31.0 Å². The molecule has 1 rings (SSSR count). The zero-order chi connectivity index (χ0) is 15.7. The maximum Gasteiger partial charge on any atom is 0.319 e. The lowest BCUT2D eigenvalue weighted by Crippen LogP contribution is -2.33. The van der Waals surface area contributed by atoms with Gasteiger partial charge in [-0.2, -0.15) is 0 Å². The Labute approximate surface area is 123 Å². The number of nitro groups is 1. The largest absolute Gasteiger partial charge is 0.396 e. The maximum absolute atomic E-state index is 11.7. The van der Waals surface area contributed by atoms with Gasteiger partial charge in [-0.15, -0.1) is 0 Å². The fraction of sp³-hybridized carbons (Fsp3) is 0.500. The van der Waals surface area contributed by atoms with Crippen LogP contribution in [0.25, 0.3) is 0 Å². The highest BCUT2D eigenvalue weighted by molar-refractivity contribution is 5.89. The molecule has 1 aromatic rings. The predicted molar refractivity (Wildman–Crippen MR) is 80.2 cm³/mol. The van der Waals surface area contributed by atoms with E-state index in [-0.39, 0.29) is 24.2 Å². The Morgan fingerprint density at radius 3 is 2.52 bits per heavy atom. The molecule has 0 aliphatic heterocycles. The van der Waals surface area contributed by atoms with Gasteiger partial charge in [-0.05, 0) is 30.9 Å². The number of carbonyl (C=O) groups excluding carboxylic acids is 1. The number of nitro benzene ring substituents is 1. The molecule has 2 amide bonds. The smallest absolute Gasteiger partial charge is 0.319 e. The minimum atomic E-state index is -0.492. The summed E-state index contributed by atoms with van der Waals surface area (Å²) in [5.74, 6) is 0.252. The number of rotatable bonds is 8. The van der Waals surface area contributed by atoms with E-state index in [1.807, 2.05) is 0 Å². The van der Waals surface area contributed by atoms with E-state index < -0.39 is 4.92 Å². The molecule has 7 heteroatoms. The highest BCUT2D eigenvalue weighted by Crippen LogP contribution is 2.15. The number of benzene rings is 1. The number of urea groups is 1. The maximum atomic E-state index is 11.7. The molecule has 1 atom stereocenters. The number of non-ortho nitro benzene ring substituents is 1. The van der Waals surface area contributed by atoms with Crippen LogP contribution >= 0.6 is 0 Å². The first-order valence-electron chi connectivity index (χ1n) is 6.97. The molecule has 7 nitrogen and oxygen atoms in total. The van der Waals surface area contributed by atoms with Crippen molar-refractivity contribution < 1.29 is 14.8 Å². The van der Waals surface area contributed by atoms with E-state index in [4.69, 9.17) is 5.11 Å².